The van der Waals surface area contributed by atoms with Crippen molar-refractivity contribution in [2.24, 2.45) is 0 Å². The molecule has 108 valence electrons. The molecule has 3 nitrogen and oxygen atoms in total. The first-order valence-corrected chi connectivity index (χ1v) is 8.41. The fourth-order valence-electron chi connectivity index (χ4n) is 2.43. The minimum atomic E-state index is 0.592. The molecule has 0 bridgehead atoms. The number of nitrogens with one attached hydrogen (secondary N) is 1. The van der Waals surface area contributed by atoms with Crippen LogP contribution in [0.4, 0.5) is 0 Å². The van der Waals surface area contributed by atoms with Crippen LogP contribution in [0.25, 0.3) is 0 Å². The van der Waals surface area contributed by atoms with Crippen molar-refractivity contribution in [3.05, 3.63) is 15.6 Å². The van der Waals surface area contributed by atoms with Crippen LogP contribution >= 0.6 is 11.3 Å². The lowest BCUT2D eigenvalue weighted by Gasteiger charge is -2.12. The highest BCUT2D eigenvalue weighted by atomic mass is 32.1. The highest BCUT2D eigenvalue weighted by molar-refractivity contribution is 7.11. The third-order valence-electron chi connectivity index (χ3n) is 4.00. The summed E-state index contributed by atoms with van der Waals surface area (Å²) in [5.41, 5.74) is 1.22. The predicted molar refractivity (Wildman–Crippen MR) is 82.8 cm³/mol. The fourth-order valence-corrected chi connectivity index (χ4v) is 3.44. The topological polar surface area (TPSA) is 28.2 Å². The standard InChI is InChI=1S/C15H27N3S/c1-4-12(2)16-11-14-13(3)17-15(19-14)7-10-18-8-5-6-9-18/h12,16H,4-11H2,1-3H3. The van der Waals surface area contributed by atoms with Crippen molar-refractivity contribution in [2.45, 2.75) is 59.0 Å². The van der Waals surface area contributed by atoms with Crippen molar-refractivity contribution in [3.63, 3.8) is 0 Å². The van der Waals surface area contributed by atoms with Crippen molar-refractivity contribution in [2.75, 3.05) is 19.6 Å². The number of rotatable bonds is 7. The summed E-state index contributed by atoms with van der Waals surface area (Å²) >= 11 is 1.90. The molecule has 0 radical (unpaired) electrons. The number of aryl methyl sites for hydroxylation is 1. The van der Waals surface area contributed by atoms with E-state index in [-0.39, 0.29) is 0 Å². The molecule has 1 aromatic heterocycles. The second-order valence-electron chi connectivity index (χ2n) is 5.61. The lowest BCUT2D eigenvalue weighted by molar-refractivity contribution is 0.343. The average Bonchev–Trinajstić information content (AvgIpc) is 3.03. The van der Waals surface area contributed by atoms with Crippen LogP contribution in [0.1, 0.15) is 48.7 Å². The highest BCUT2D eigenvalue weighted by Crippen LogP contribution is 2.19. The molecule has 1 aromatic rings. The van der Waals surface area contributed by atoms with Crippen LogP contribution < -0.4 is 5.32 Å². The fraction of sp³-hybridized carbons (Fsp3) is 0.800. The first kappa shape index (κ1) is 14.9. The Morgan fingerprint density at radius 1 is 1.37 bits per heavy atom. The Morgan fingerprint density at radius 3 is 2.79 bits per heavy atom. The summed E-state index contributed by atoms with van der Waals surface area (Å²) < 4.78 is 0. The second-order valence-corrected chi connectivity index (χ2v) is 6.77. The largest absolute Gasteiger partial charge is 0.309 e. The summed E-state index contributed by atoms with van der Waals surface area (Å²) in [5.74, 6) is 0. The Morgan fingerprint density at radius 2 is 2.11 bits per heavy atom. The Bertz CT molecular complexity index is 383. The average molecular weight is 281 g/mol. The molecule has 1 unspecified atom stereocenters. The van der Waals surface area contributed by atoms with Gasteiger partial charge in [-0.05, 0) is 46.2 Å². The zero-order chi connectivity index (χ0) is 13.7. The summed E-state index contributed by atoms with van der Waals surface area (Å²) in [6, 6.07) is 0.592. The van der Waals surface area contributed by atoms with Crippen LogP contribution in [-0.4, -0.2) is 35.6 Å². The quantitative estimate of drug-likeness (QED) is 0.833. The first-order valence-electron chi connectivity index (χ1n) is 7.60. The van der Waals surface area contributed by atoms with E-state index in [1.165, 1.54) is 54.5 Å². The molecule has 2 rings (SSSR count). The van der Waals surface area contributed by atoms with E-state index in [9.17, 15) is 0 Å². The van der Waals surface area contributed by atoms with E-state index in [0.29, 0.717) is 6.04 Å². The zero-order valence-corrected chi connectivity index (χ0v) is 13.4. The minimum Gasteiger partial charge on any atom is -0.309 e. The van der Waals surface area contributed by atoms with Crippen molar-refractivity contribution in [1.82, 2.24) is 15.2 Å². The Balaban J connectivity index is 1.81. The van der Waals surface area contributed by atoms with Gasteiger partial charge in [0, 0.05) is 30.4 Å². The van der Waals surface area contributed by atoms with Crippen LogP contribution in [0, 0.1) is 6.92 Å². The molecule has 0 aromatic carbocycles. The zero-order valence-electron chi connectivity index (χ0n) is 12.5. The highest BCUT2D eigenvalue weighted by Gasteiger charge is 2.13. The van der Waals surface area contributed by atoms with E-state index >= 15 is 0 Å². The summed E-state index contributed by atoms with van der Waals surface area (Å²) in [5, 5.41) is 4.87. The molecule has 19 heavy (non-hydrogen) atoms. The van der Waals surface area contributed by atoms with Gasteiger partial charge in [0.15, 0.2) is 0 Å². The number of likely N-dealkylation sites (tertiary alicyclic amines) is 1. The molecule has 4 heteroatoms. The van der Waals surface area contributed by atoms with E-state index in [0.717, 1.165) is 13.0 Å². The molecule has 2 heterocycles. The maximum atomic E-state index is 4.73. The first-order chi connectivity index (χ1) is 9.19. The van der Waals surface area contributed by atoms with Gasteiger partial charge in [0.1, 0.15) is 0 Å². The van der Waals surface area contributed by atoms with Gasteiger partial charge < -0.3 is 10.2 Å². The smallest absolute Gasteiger partial charge is 0.0944 e. The minimum absolute atomic E-state index is 0.592. The molecule has 0 amide bonds. The predicted octanol–water partition coefficient (Wildman–Crippen LogP) is 2.98. The Hall–Kier alpha value is -0.450. The molecule has 1 N–H and O–H groups in total. The molecule has 1 saturated heterocycles. The lowest BCUT2D eigenvalue weighted by Crippen LogP contribution is -2.24. The van der Waals surface area contributed by atoms with Crippen molar-refractivity contribution >= 4 is 11.3 Å². The van der Waals surface area contributed by atoms with Gasteiger partial charge in [-0.2, -0.15) is 0 Å². The van der Waals surface area contributed by atoms with Gasteiger partial charge in [0.25, 0.3) is 0 Å². The van der Waals surface area contributed by atoms with Crippen LogP contribution in [-0.2, 0) is 13.0 Å². The number of aromatic nitrogens is 1. The van der Waals surface area contributed by atoms with E-state index in [2.05, 4.69) is 31.0 Å². The second kappa shape index (κ2) is 7.36. The molecular weight excluding hydrogens is 254 g/mol. The molecule has 0 aliphatic carbocycles. The van der Waals surface area contributed by atoms with Crippen molar-refractivity contribution < 1.29 is 0 Å². The molecule has 1 atom stereocenters. The van der Waals surface area contributed by atoms with Gasteiger partial charge in [0.05, 0.1) is 10.7 Å². The molecule has 1 aliphatic heterocycles. The van der Waals surface area contributed by atoms with Crippen molar-refractivity contribution in [3.8, 4) is 0 Å². The van der Waals surface area contributed by atoms with Gasteiger partial charge in [0.2, 0.25) is 0 Å². The van der Waals surface area contributed by atoms with Gasteiger partial charge in [-0.1, -0.05) is 6.92 Å². The molecule has 1 fully saturated rings. The summed E-state index contributed by atoms with van der Waals surface area (Å²) in [7, 11) is 0. The molecule has 0 saturated carbocycles. The molecular formula is C15H27N3S. The van der Waals surface area contributed by atoms with E-state index in [4.69, 9.17) is 4.98 Å². The monoisotopic (exact) mass is 281 g/mol. The summed E-state index contributed by atoms with van der Waals surface area (Å²) in [6.07, 6.45) is 5.05. The van der Waals surface area contributed by atoms with Crippen LogP contribution in [0.3, 0.4) is 0 Å². The summed E-state index contributed by atoms with van der Waals surface area (Å²) in [4.78, 5) is 8.70. The normalized spacial score (nSPS) is 18.1. The van der Waals surface area contributed by atoms with Gasteiger partial charge in [-0.3, -0.25) is 0 Å². The van der Waals surface area contributed by atoms with Crippen LogP contribution in [0.15, 0.2) is 0 Å². The van der Waals surface area contributed by atoms with E-state index in [1.807, 2.05) is 11.3 Å². The van der Waals surface area contributed by atoms with Gasteiger partial charge in [-0.25, -0.2) is 4.98 Å². The van der Waals surface area contributed by atoms with E-state index in [1.54, 1.807) is 0 Å². The SMILES string of the molecule is CCC(C)NCc1sc(CCN2CCCC2)nc1C. The molecule has 0 spiro atoms. The number of thiazole rings is 1. The van der Waals surface area contributed by atoms with Crippen LogP contribution in [0.2, 0.25) is 0 Å². The number of hydrogen-bond acceptors (Lipinski definition) is 4. The summed E-state index contributed by atoms with van der Waals surface area (Å²) in [6.45, 7) is 11.3. The number of nitrogens with zero attached hydrogens (tertiary/aromatic N) is 2. The molecule has 1 aliphatic rings. The van der Waals surface area contributed by atoms with Crippen molar-refractivity contribution in [1.29, 1.82) is 0 Å². The maximum Gasteiger partial charge on any atom is 0.0944 e. The van der Waals surface area contributed by atoms with Crippen LogP contribution in [0.5, 0.6) is 0 Å². The number of hydrogen-bond donors (Lipinski definition) is 1. The van der Waals surface area contributed by atoms with E-state index < -0.39 is 0 Å². The van der Waals surface area contributed by atoms with Gasteiger partial charge in [-0.15, -0.1) is 11.3 Å². The lowest BCUT2D eigenvalue weighted by atomic mass is 10.2. The van der Waals surface area contributed by atoms with Gasteiger partial charge >= 0.3 is 0 Å². The third-order valence-corrected chi connectivity index (χ3v) is 5.22. The third kappa shape index (κ3) is 4.55. The Kier molecular flexibility index (Phi) is 5.79. The maximum absolute atomic E-state index is 4.73. The Labute approximate surface area is 121 Å².